The van der Waals surface area contributed by atoms with Gasteiger partial charge in [0.25, 0.3) is 0 Å². The third-order valence-electron chi connectivity index (χ3n) is 7.66. The summed E-state index contributed by atoms with van der Waals surface area (Å²) in [5.41, 5.74) is 0. The Morgan fingerprint density at radius 1 is 0.410 bits per heavy atom. The van der Waals surface area contributed by atoms with Crippen LogP contribution in [0.15, 0.2) is 0 Å². The molecule has 18 heteroatoms. The maximum atomic E-state index is 10.9. The van der Waals surface area contributed by atoms with E-state index >= 15 is 0 Å². The zero-order valence-corrected chi connectivity index (χ0v) is 20.5. The lowest BCUT2D eigenvalue weighted by Gasteiger charge is -2.50. The fraction of sp³-hybridized carbons (Fsp3) is 1.00. The highest BCUT2D eigenvalue weighted by Gasteiger charge is 2.64. The molecule has 15 atom stereocenters. The van der Waals surface area contributed by atoms with Crippen LogP contribution in [0.5, 0.6) is 0 Å². The van der Waals surface area contributed by atoms with E-state index in [0.29, 0.717) is 0 Å². The van der Waals surface area contributed by atoms with Gasteiger partial charge in [0, 0.05) is 0 Å². The molecule has 4 heterocycles. The summed E-state index contributed by atoms with van der Waals surface area (Å²) in [6.45, 7) is -5.65. The maximum Gasteiger partial charge on any atom is 0.222 e. The first-order chi connectivity index (χ1) is 18.3. The van der Waals surface area contributed by atoms with Crippen LogP contribution in [0.2, 0.25) is 0 Å². The highest BCUT2D eigenvalue weighted by molar-refractivity contribution is 5.04. The molecule has 0 unspecified atom stereocenters. The van der Waals surface area contributed by atoms with Gasteiger partial charge in [-0.2, -0.15) is 0 Å². The predicted molar refractivity (Wildman–Crippen MR) is 116 cm³/mol. The fourth-order valence-electron chi connectivity index (χ4n) is 5.13. The van der Waals surface area contributed by atoms with Crippen LogP contribution in [0.1, 0.15) is 0 Å². The molecule has 0 radical (unpaired) electrons. The second-order valence-electron chi connectivity index (χ2n) is 10.1. The molecule has 4 aliphatic heterocycles. The number of rotatable bonds is 3. The molecule has 3 spiro atoms. The molecule has 0 saturated carbocycles. The van der Waals surface area contributed by atoms with Crippen molar-refractivity contribution in [3.8, 4) is 0 Å². The first-order valence-electron chi connectivity index (χ1n) is 12.2. The van der Waals surface area contributed by atoms with Gasteiger partial charge >= 0.3 is 0 Å². The van der Waals surface area contributed by atoms with Crippen molar-refractivity contribution < 1.29 is 89.7 Å². The highest BCUT2D eigenvalue weighted by atomic mass is 16.8. The van der Waals surface area contributed by atoms with Gasteiger partial charge in [0.15, 0.2) is 0 Å². The summed E-state index contributed by atoms with van der Waals surface area (Å²) in [5, 5.41) is 124. The molecular weight excluding hydrogens is 540 g/mol. The van der Waals surface area contributed by atoms with Gasteiger partial charge in [-0.3, -0.25) is 0 Å². The van der Waals surface area contributed by atoms with Crippen LogP contribution in [-0.4, -0.2) is 192 Å². The Morgan fingerprint density at radius 3 is 0.846 bits per heavy atom. The van der Waals surface area contributed by atoms with Crippen molar-refractivity contribution in [3.63, 3.8) is 0 Å². The smallest absolute Gasteiger partial charge is 0.222 e. The summed E-state index contributed by atoms with van der Waals surface area (Å²) in [6.07, 6.45) is -22.7. The molecule has 18 nitrogen and oxygen atoms in total. The molecule has 4 saturated heterocycles. The monoisotopic (exact) mass is 576 g/mol. The summed E-state index contributed by atoms with van der Waals surface area (Å²) in [7, 11) is 0. The minimum absolute atomic E-state index is 0.893. The lowest BCUT2D eigenvalue weighted by Crippen LogP contribution is -2.71. The van der Waals surface area contributed by atoms with E-state index in [1.54, 1.807) is 0 Å². The van der Waals surface area contributed by atoms with E-state index in [1.165, 1.54) is 0 Å². The summed E-state index contributed by atoms with van der Waals surface area (Å²) in [4.78, 5) is 0. The predicted octanol–water partition coefficient (Wildman–Crippen LogP) is -8.44. The SMILES string of the molecule is OC[C@H]1O[C@@]2(CO[C@@]3(CO[C@@]4(CO2)O[C@H](CO)[C@H](O)[C@H](O)[C@H]4O)O[C@H](CO)[C@H](O)[C@H](O)[C@H]3O)[C@H](O)[C@@H](O)[C@H]1O. The van der Waals surface area contributed by atoms with E-state index in [4.69, 9.17) is 28.4 Å². The molecule has 12 N–H and O–H groups in total. The number of aliphatic hydroxyl groups excluding tert-OH is 12. The molecule has 4 rings (SSSR count). The van der Waals surface area contributed by atoms with Gasteiger partial charge in [-0.1, -0.05) is 0 Å². The third-order valence-corrected chi connectivity index (χ3v) is 7.66. The van der Waals surface area contributed by atoms with E-state index in [9.17, 15) is 61.3 Å². The average molecular weight is 577 g/mol. The fourth-order valence-corrected chi connectivity index (χ4v) is 5.13. The lowest BCUT2D eigenvalue weighted by molar-refractivity contribution is -0.413. The Balaban J connectivity index is 1.80. The van der Waals surface area contributed by atoms with Crippen LogP contribution in [0.3, 0.4) is 0 Å². The maximum absolute atomic E-state index is 10.9. The first kappa shape index (κ1) is 31.2. The molecule has 0 aromatic carbocycles. The topological polar surface area (TPSA) is 298 Å². The number of ether oxygens (including phenoxy) is 6. The molecule has 0 aliphatic carbocycles. The van der Waals surface area contributed by atoms with Crippen LogP contribution >= 0.6 is 0 Å². The van der Waals surface area contributed by atoms with Gasteiger partial charge in [0.05, 0.1) is 19.8 Å². The second-order valence-corrected chi connectivity index (χ2v) is 10.1. The van der Waals surface area contributed by atoms with Crippen molar-refractivity contribution in [3.05, 3.63) is 0 Å². The largest absolute Gasteiger partial charge is 0.394 e. The highest BCUT2D eigenvalue weighted by Crippen LogP contribution is 2.42. The zero-order valence-electron chi connectivity index (χ0n) is 20.5. The third kappa shape index (κ3) is 5.11. The Morgan fingerprint density at radius 2 is 0.641 bits per heavy atom. The van der Waals surface area contributed by atoms with Gasteiger partial charge in [0.2, 0.25) is 17.4 Å². The normalized spacial score (nSPS) is 55.4. The summed E-state index contributed by atoms with van der Waals surface area (Å²) in [6, 6.07) is 0. The van der Waals surface area contributed by atoms with Crippen molar-refractivity contribution in [2.24, 2.45) is 0 Å². The standard InChI is InChI=1S/C21H36O18/c22-1-7-10(25)13(28)16(31)19(37-7)4-35-21(18(33)15(30)12(27)9(3-24)39-21)6-36-20(5-34-19)17(32)14(29)11(26)8(2-23)38-20/h7-18,22-33H,1-6H2/t7-,8-,9-,10+,11+,12+,13+,14+,15+,16-,17-,18-,19+,20+,21+/m1/s1. The second kappa shape index (κ2) is 11.5. The molecule has 0 amide bonds. The number of hydrogen-bond donors (Lipinski definition) is 12. The quantitative estimate of drug-likeness (QED) is 0.148. The molecule has 0 aromatic heterocycles. The van der Waals surface area contributed by atoms with Gasteiger partial charge in [0.1, 0.15) is 93.1 Å². The van der Waals surface area contributed by atoms with E-state index in [1.807, 2.05) is 0 Å². The van der Waals surface area contributed by atoms with Gasteiger partial charge in [-0.15, -0.1) is 0 Å². The van der Waals surface area contributed by atoms with Crippen LogP contribution in [0.25, 0.3) is 0 Å². The Bertz CT molecular complexity index is 708. The van der Waals surface area contributed by atoms with Crippen molar-refractivity contribution in [1.29, 1.82) is 0 Å². The van der Waals surface area contributed by atoms with E-state index in [2.05, 4.69) is 0 Å². The van der Waals surface area contributed by atoms with Crippen LogP contribution in [0.4, 0.5) is 0 Å². The van der Waals surface area contributed by atoms with Gasteiger partial charge in [-0.05, 0) is 0 Å². The Kier molecular flexibility index (Phi) is 9.22. The summed E-state index contributed by atoms with van der Waals surface area (Å²) in [5.74, 6) is -7.63. The molecule has 4 fully saturated rings. The number of aliphatic hydroxyl groups is 12. The zero-order chi connectivity index (χ0) is 28.9. The average Bonchev–Trinajstić information content (AvgIpc) is 3.00. The van der Waals surface area contributed by atoms with Crippen molar-refractivity contribution in [2.45, 2.75) is 90.6 Å². The Hall–Kier alpha value is -0.720. The van der Waals surface area contributed by atoms with Gasteiger partial charge in [-0.25, -0.2) is 0 Å². The van der Waals surface area contributed by atoms with E-state index in [-0.39, 0.29) is 0 Å². The number of hydrogen-bond acceptors (Lipinski definition) is 18. The molecule has 39 heavy (non-hydrogen) atoms. The summed E-state index contributed by atoms with van der Waals surface area (Å²) >= 11 is 0. The van der Waals surface area contributed by atoms with E-state index in [0.717, 1.165) is 0 Å². The van der Waals surface area contributed by atoms with Crippen LogP contribution < -0.4 is 0 Å². The molecular formula is C21H36O18. The lowest BCUT2D eigenvalue weighted by atomic mass is 9.91. The van der Waals surface area contributed by atoms with Crippen LogP contribution in [-0.2, 0) is 28.4 Å². The molecule has 4 aliphatic rings. The minimum atomic E-state index is -2.54. The summed E-state index contributed by atoms with van der Waals surface area (Å²) < 4.78 is 33.9. The first-order valence-corrected chi connectivity index (χ1v) is 12.2. The van der Waals surface area contributed by atoms with E-state index < -0.39 is 130 Å². The molecule has 228 valence electrons. The molecule has 0 aromatic rings. The van der Waals surface area contributed by atoms with Crippen molar-refractivity contribution >= 4 is 0 Å². The van der Waals surface area contributed by atoms with Gasteiger partial charge < -0.3 is 89.7 Å². The Labute approximate surface area is 220 Å². The van der Waals surface area contributed by atoms with Crippen molar-refractivity contribution in [1.82, 2.24) is 0 Å². The van der Waals surface area contributed by atoms with Crippen molar-refractivity contribution in [2.75, 3.05) is 39.6 Å². The van der Waals surface area contributed by atoms with Crippen LogP contribution in [0, 0.1) is 0 Å². The minimum Gasteiger partial charge on any atom is -0.394 e. The molecule has 0 bridgehead atoms.